The lowest BCUT2D eigenvalue weighted by Crippen LogP contribution is -2.32. The van der Waals surface area contributed by atoms with E-state index in [0.29, 0.717) is 10.6 Å². The van der Waals surface area contributed by atoms with E-state index in [9.17, 15) is 9.59 Å². The normalized spacial score (nSPS) is 14.7. The van der Waals surface area contributed by atoms with Gasteiger partial charge in [-0.05, 0) is 25.0 Å². The zero-order valence-electron chi connectivity index (χ0n) is 9.50. The number of hydrogen-bond acceptors (Lipinski definition) is 2. The van der Waals surface area contributed by atoms with Crippen LogP contribution in [0, 0.1) is 0 Å². The summed E-state index contributed by atoms with van der Waals surface area (Å²) in [6.07, 6.45) is 3.47. The van der Waals surface area contributed by atoms with Crippen LogP contribution < -0.4 is 5.32 Å². The Kier molecular flexibility index (Phi) is 2.59. The molecule has 1 amide bonds. The summed E-state index contributed by atoms with van der Waals surface area (Å²) in [5.41, 5.74) is 1.14. The Morgan fingerprint density at radius 1 is 1.33 bits per heavy atom. The Labute approximate surface area is 108 Å². The lowest BCUT2D eigenvalue weighted by Gasteiger charge is -2.01. The summed E-state index contributed by atoms with van der Waals surface area (Å²) in [5, 5.41) is 4.00. The van der Waals surface area contributed by atoms with Gasteiger partial charge in [-0.2, -0.15) is 0 Å². The van der Waals surface area contributed by atoms with Crippen molar-refractivity contribution in [1.82, 2.24) is 10.3 Å². The minimum atomic E-state index is -0.534. The second kappa shape index (κ2) is 4.14. The highest BCUT2D eigenvalue weighted by atomic mass is 35.5. The first-order valence-electron chi connectivity index (χ1n) is 5.77. The van der Waals surface area contributed by atoms with Gasteiger partial charge in [0.25, 0.3) is 11.7 Å². The fraction of sp³-hybridized carbons (Fsp3) is 0.231. The van der Waals surface area contributed by atoms with Crippen molar-refractivity contribution in [2.24, 2.45) is 0 Å². The zero-order valence-corrected chi connectivity index (χ0v) is 10.3. The smallest absolute Gasteiger partial charge is 0.292 e. The van der Waals surface area contributed by atoms with E-state index >= 15 is 0 Å². The van der Waals surface area contributed by atoms with Crippen LogP contribution in [-0.4, -0.2) is 22.7 Å². The van der Waals surface area contributed by atoms with Gasteiger partial charge in [-0.1, -0.05) is 17.7 Å². The number of hydrogen-bond donors (Lipinski definition) is 2. The molecule has 0 saturated heterocycles. The standard InChI is InChI=1S/C13H11ClN2O2/c14-7-1-4-9-10(6-15-11(9)5-7)12(17)13(18)16-8-2-3-8/h1,4-6,8,15H,2-3H2,(H,16,18). The largest absolute Gasteiger partial charge is 0.360 e. The number of benzene rings is 1. The summed E-state index contributed by atoms with van der Waals surface area (Å²) < 4.78 is 0. The van der Waals surface area contributed by atoms with Crippen LogP contribution in [-0.2, 0) is 4.79 Å². The van der Waals surface area contributed by atoms with Gasteiger partial charge in [-0.3, -0.25) is 9.59 Å². The van der Waals surface area contributed by atoms with Gasteiger partial charge in [0.15, 0.2) is 0 Å². The molecule has 18 heavy (non-hydrogen) atoms. The van der Waals surface area contributed by atoms with Crippen molar-refractivity contribution in [3.8, 4) is 0 Å². The zero-order chi connectivity index (χ0) is 12.7. The van der Waals surface area contributed by atoms with Crippen LogP contribution in [0.3, 0.4) is 0 Å². The summed E-state index contributed by atoms with van der Waals surface area (Å²) in [5.74, 6) is -1.04. The van der Waals surface area contributed by atoms with E-state index in [-0.39, 0.29) is 6.04 Å². The molecule has 1 aromatic heterocycles. The van der Waals surface area contributed by atoms with Crippen molar-refractivity contribution >= 4 is 34.2 Å². The number of halogens is 1. The quantitative estimate of drug-likeness (QED) is 0.658. The Bertz CT molecular complexity index is 643. The van der Waals surface area contributed by atoms with Crippen molar-refractivity contribution in [3.05, 3.63) is 35.0 Å². The van der Waals surface area contributed by atoms with E-state index in [1.165, 1.54) is 0 Å². The fourth-order valence-electron chi connectivity index (χ4n) is 1.89. The fourth-order valence-corrected chi connectivity index (χ4v) is 2.06. The molecule has 92 valence electrons. The average molecular weight is 263 g/mol. The number of fused-ring (bicyclic) bond motifs is 1. The van der Waals surface area contributed by atoms with Gasteiger partial charge in [-0.15, -0.1) is 0 Å². The maximum atomic E-state index is 12.0. The first-order valence-corrected chi connectivity index (χ1v) is 6.15. The van der Waals surface area contributed by atoms with Gasteiger partial charge in [-0.25, -0.2) is 0 Å². The third-order valence-electron chi connectivity index (χ3n) is 3.01. The van der Waals surface area contributed by atoms with Crippen molar-refractivity contribution in [2.75, 3.05) is 0 Å². The second-order valence-corrected chi connectivity index (χ2v) is 4.91. The molecule has 1 aliphatic rings. The van der Waals surface area contributed by atoms with E-state index in [1.807, 2.05) is 0 Å². The number of H-pyrrole nitrogens is 1. The second-order valence-electron chi connectivity index (χ2n) is 4.47. The third kappa shape index (κ3) is 1.99. The van der Waals surface area contributed by atoms with Crippen LogP contribution in [0.5, 0.6) is 0 Å². The number of nitrogens with one attached hydrogen (secondary N) is 2. The average Bonchev–Trinajstić information content (AvgIpc) is 3.06. The van der Waals surface area contributed by atoms with Crippen LogP contribution in [0.1, 0.15) is 23.2 Å². The van der Waals surface area contributed by atoms with Crippen molar-refractivity contribution in [1.29, 1.82) is 0 Å². The molecule has 0 bridgehead atoms. The van der Waals surface area contributed by atoms with Crippen LogP contribution in [0.15, 0.2) is 24.4 Å². The molecule has 1 saturated carbocycles. The Balaban J connectivity index is 1.93. The highest BCUT2D eigenvalue weighted by Crippen LogP contribution is 2.23. The number of aromatic nitrogens is 1. The van der Waals surface area contributed by atoms with Gasteiger partial charge in [0.1, 0.15) is 0 Å². The van der Waals surface area contributed by atoms with Crippen molar-refractivity contribution in [3.63, 3.8) is 0 Å². The van der Waals surface area contributed by atoms with Crippen LogP contribution in [0.4, 0.5) is 0 Å². The molecule has 0 spiro atoms. The molecule has 0 atom stereocenters. The van der Waals surface area contributed by atoms with E-state index < -0.39 is 11.7 Å². The summed E-state index contributed by atoms with van der Waals surface area (Å²) in [7, 11) is 0. The van der Waals surface area contributed by atoms with Crippen LogP contribution in [0.2, 0.25) is 5.02 Å². The monoisotopic (exact) mass is 262 g/mol. The van der Waals surface area contributed by atoms with Crippen LogP contribution in [0.25, 0.3) is 10.9 Å². The van der Waals surface area contributed by atoms with Gasteiger partial charge in [0, 0.05) is 28.2 Å². The number of carbonyl (C=O) groups is 2. The van der Waals surface area contributed by atoms with E-state index in [0.717, 1.165) is 23.7 Å². The molecule has 4 nitrogen and oxygen atoms in total. The summed E-state index contributed by atoms with van der Waals surface area (Å²) in [4.78, 5) is 26.7. The lowest BCUT2D eigenvalue weighted by molar-refractivity contribution is -0.117. The minimum absolute atomic E-state index is 0.182. The molecule has 1 fully saturated rings. The minimum Gasteiger partial charge on any atom is -0.360 e. The predicted octanol–water partition coefficient (Wildman–Crippen LogP) is 2.28. The molecule has 0 radical (unpaired) electrons. The first-order chi connectivity index (χ1) is 8.65. The van der Waals surface area contributed by atoms with Crippen molar-refractivity contribution < 1.29 is 9.59 Å². The molecule has 1 heterocycles. The molecular formula is C13H11ClN2O2. The highest BCUT2D eigenvalue weighted by molar-refractivity contribution is 6.45. The molecular weight excluding hydrogens is 252 g/mol. The number of Topliss-reactive ketones (excluding diaryl/α,β-unsaturated/α-hetero) is 1. The highest BCUT2D eigenvalue weighted by Gasteiger charge is 2.27. The lowest BCUT2D eigenvalue weighted by atomic mass is 10.1. The van der Waals surface area contributed by atoms with Gasteiger partial charge >= 0.3 is 0 Å². The molecule has 5 heteroatoms. The Hall–Kier alpha value is -1.81. The molecule has 2 aromatic rings. The maximum Gasteiger partial charge on any atom is 0.292 e. The Morgan fingerprint density at radius 2 is 2.11 bits per heavy atom. The maximum absolute atomic E-state index is 12.0. The molecule has 0 aliphatic heterocycles. The molecule has 1 aliphatic carbocycles. The SMILES string of the molecule is O=C(NC1CC1)C(=O)c1c[nH]c2cc(Cl)ccc12. The van der Waals surface area contributed by atoms with Gasteiger partial charge < -0.3 is 10.3 Å². The third-order valence-corrected chi connectivity index (χ3v) is 3.24. The molecule has 3 rings (SSSR count). The topological polar surface area (TPSA) is 62.0 Å². The summed E-state index contributed by atoms with van der Waals surface area (Å²) >= 11 is 5.86. The van der Waals surface area contributed by atoms with Gasteiger partial charge in [0.05, 0.1) is 5.56 Å². The van der Waals surface area contributed by atoms with E-state index in [1.54, 1.807) is 24.4 Å². The molecule has 2 N–H and O–H groups in total. The van der Waals surface area contributed by atoms with Crippen molar-refractivity contribution in [2.45, 2.75) is 18.9 Å². The molecule has 1 aromatic carbocycles. The number of rotatable bonds is 3. The summed E-state index contributed by atoms with van der Waals surface area (Å²) in [6.45, 7) is 0. The van der Waals surface area contributed by atoms with Gasteiger partial charge in [0.2, 0.25) is 0 Å². The number of aromatic amines is 1. The predicted molar refractivity (Wildman–Crippen MR) is 68.8 cm³/mol. The number of ketones is 1. The summed E-state index contributed by atoms with van der Waals surface area (Å²) in [6, 6.07) is 5.35. The van der Waals surface area contributed by atoms with E-state index in [4.69, 9.17) is 11.6 Å². The Morgan fingerprint density at radius 3 is 2.83 bits per heavy atom. The number of carbonyl (C=O) groups excluding carboxylic acids is 2. The first kappa shape index (κ1) is 11.3. The van der Waals surface area contributed by atoms with E-state index in [2.05, 4.69) is 10.3 Å². The number of amides is 1. The van der Waals surface area contributed by atoms with Crippen LogP contribution >= 0.6 is 11.6 Å². The molecule has 0 unspecified atom stereocenters.